The van der Waals surface area contributed by atoms with Crippen LogP contribution in [0.4, 0.5) is 0 Å². The van der Waals surface area contributed by atoms with Gasteiger partial charge in [-0.2, -0.15) is 0 Å². The minimum atomic E-state index is -0.784. The minimum absolute atomic E-state index is 0.0825. The first kappa shape index (κ1) is 16.5. The quantitative estimate of drug-likeness (QED) is 0.926. The van der Waals surface area contributed by atoms with Crippen LogP contribution in [0.3, 0.4) is 0 Å². The van der Waals surface area contributed by atoms with Crippen LogP contribution in [0, 0.1) is 6.92 Å². The number of morpholine rings is 1. The van der Waals surface area contributed by atoms with E-state index < -0.39 is 5.97 Å². The number of pyridine rings is 1. The highest BCUT2D eigenvalue weighted by Crippen LogP contribution is 2.40. The highest BCUT2D eigenvalue weighted by atomic mass is 16.5. The SMILES string of the molecule is Cc1ccc2cc(CN3CC(CC(=O)O)OC4(CCC4)C3)ccc2n1. The van der Waals surface area contributed by atoms with Gasteiger partial charge in [-0.15, -0.1) is 0 Å². The van der Waals surface area contributed by atoms with Crippen molar-refractivity contribution in [2.24, 2.45) is 0 Å². The van der Waals surface area contributed by atoms with Crippen molar-refractivity contribution in [1.82, 2.24) is 9.88 Å². The van der Waals surface area contributed by atoms with Gasteiger partial charge in [-0.05, 0) is 49.9 Å². The van der Waals surface area contributed by atoms with Crippen LogP contribution in [-0.4, -0.2) is 45.8 Å². The monoisotopic (exact) mass is 340 g/mol. The molecule has 1 saturated heterocycles. The summed E-state index contributed by atoms with van der Waals surface area (Å²) in [6.45, 7) is 4.40. The van der Waals surface area contributed by atoms with Crippen LogP contribution < -0.4 is 0 Å². The highest BCUT2D eigenvalue weighted by molar-refractivity contribution is 5.79. The zero-order valence-corrected chi connectivity index (χ0v) is 14.6. The number of aryl methyl sites for hydroxylation is 1. The lowest BCUT2D eigenvalue weighted by Gasteiger charge is -2.51. The molecule has 0 bridgehead atoms. The number of benzene rings is 1. The fourth-order valence-corrected chi connectivity index (χ4v) is 4.09. The number of carboxylic acids is 1. The summed E-state index contributed by atoms with van der Waals surface area (Å²) >= 11 is 0. The zero-order valence-electron chi connectivity index (χ0n) is 14.6. The molecule has 4 rings (SSSR count). The molecule has 1 N–H and O–H groups in total. The molecule has 0 amide bonds. The maximum absolute atomic E-state index is 11.1. The molecular weight excluding hydrogens is 316 g/mol. The molecule has 132 valence electrons. The van der Waals surface area contributed by atoms with E-state index >= 15 is 0 Å². The van der Waals surface area contributed by atoms with Crippen LogP contribution in [-0.2, 0) is 16.1 Å². The first-order chi connectivity index (χ1) is 12.0. The van der Waals surface area contributed by atoms with Crippen molar-refractivity contribution in [3.8, 4) is 0 Å². The fourth-order valence-electron chi connectivity index (χ4n) is 4.09. The number of ether oxygens (including phenoxy) is 1. The van der Waals surface area contributed by atoms with Crippen molar-refractivity contribution < 1.29 is 14.6 Å². The van der Waals surface area contributed by atoms with Gasteiger partial charge in [-0.25, -0.2) is 0 Å². The van der Waals surface area contributed by atoms with Crippen molar-refractivity contribution in [2.45, 2.75) is 50.9 Å². The molecule has 2 aliphatic rings. The van der Waals surface area contributed by atoms with Gasteiger partial charge in [-0.1, -0.05) is 12.1 Å². The number of carbonyl (C=O) groups is 1. The molecule has 5 nitrogen and oxygen atoms in total. The largest absolute Gasteiger partial charge is 0.481 e. The molecule has 2 heterocycles. The number of hydrogen-bond donors (Lipinski definition) is 1. The molecule has 1 aromatic heterocycles. The number of aliphatic carboxylic acids is 1. The van der Waals surface area contributed by atoms with Crippen LogP contribution in [0.5, 0.6) is 0 Å². The number of hydrogen-bond acceptors (Lipinski definition) is 4. The van der Waals surface area contributed by atoms with Crippen LogP contribution in [0.25, 0.3) is 10.9 Å². The van der Waals surface area contributed by atoms with Gasteiger partial charge < -0.3 is 9.84 Å². The zero-order chi connectivity index (χ0) is 17.4. The lowest BCUT2D eigenvalue weighted by Crippen LogP contribution is -2.58. The number of nitrogens with zero attached hydrogens (tertiary/aromatic N) is 2. The molecule has 2 aromatic rings. The maximum Gasteiger partial charge on any atom is 0.306 e. The molecular formula is C20H24N2O3. The summed E-state index contributed by atoms with van der Waals surface area (Å²) in [5.74, 6) is -0.784. The van der Waals surface area contributed by atoms with Crippen LogP contribution in [0.15, 0.2) is 30.3 Å². The number of fused-ring (bicyclic) bond motifs is 1. The van der Waals surface area contributed by atoms with Gasteiger partial charge in [0.05, 0.1) is 23.6 Å². The smallest absolute Gasteiger partial charge is 0.306 e. The molecule has 5 heteroatoms. The molecule has 1 unspecified atom stereocenters. The second-order valence-electron chi connectivity index (χ2n) is 7.52. The van der Waals surface area contributed by atoms with E-state index in [1.54, 1.807) is 0 Å². The van der Waals surface area contributed by atoms with Gasteiger partial charge >= 0.3 is 5.97 Å². The van der Waals surface area contributed by atoms with Crippen molar-refractivity contribution in [2.75, 3.05) is 13.1 Å². The van der Waals surface area contributed by atoms with E-state index in [9.17, 15) is 4.79 Å². The summed E-state index contributed by atoms with van der Waals surface area (Å²) in [5, 5.41) is 10.3. The summed E-state index contributed by atoms with van der Waals surface area (Å²) < 4.78 is 6.14. The van der Waals surface area contributed by atoms with E-state index in [1.807, 2.05) is 13.0 Å². The molecule has 1 aromatic carbocycles. The fraction of sp³-hybridized carbons (Fsp3) is 0.500. The summed E-state index contributed by atoms with van der Waals surface area (Å²) in [4.78, 5) is 18.0. The van der Waals surface area contributed by atoms with E-state index in [-0.39, 0.29) is 18.1 Å². The van der Waals surface area contributed by atoms with Gasteiger partial charge in [0.25, 0.3) is 0 Å². The Bertz CT molecular complexity index is 801. The molecule has 2 fully saturated rings. The standard InChI is InChI=1S/C20H24N2O3/c1-14-3-5-16-9-15(4-6-18(16)21-14)11-22-12-17(10-19(23)24)25-20(13-22)7-2-8-20/h3-6,9,17H,2,7-8,10-13H2,1H3,(H,23,24). The lowest BCUT2D eigenvalue weighted by atomic mass is 9.78. The van der Waals surface area contributed by atoms with Crippen molar-refractivity contribution in [3.63, 3.8) is 0 Å². The third-order valence-corrected chi connectivity index (χ3v) is 5.36. The molecule has 25 heavy (non-hydrogen) atoms. The molecule has 1 saturated carbocycles. The van der Waals surface area contributed by atoms with Gasteiger partial charge in [0, 0.05) is 30.7 Å². The molecule has 1 atom stereocenters. The van der Waals surface area contributed by atoms with Gasteiger partial charge in [0.2, 0.25) is 0 Å². The summed E-state index contributed by atoms with van der Waals surface area (Å²) in [6.07, 6.45) is 3.13. The van der Waals surface area contributed by atoms with E-state index in [0.717, 1.165) is 42.5 Å². The molecule has 1 spiro atoms. The number of carboxylic acid groups (broad SMARTS) is 1. The Kier molecular flexibility index (Phi) is 4.21. The maximum atomic E-state index is 11.1. The number of rotatable bonds is 4. The van der Waals surface area contributed by atoms with E-state index in [2.05, 4.69) is 34.1 Å². The normalized spacial score (nSPS) is 22.8. The van der Waals surface area contributed by atoms with E-state index in [1.165, 1.54) is 12.0 Å². The Labute approximate surface area is 147 Å². The highest BCUT2D eigenvalue weighted by Gasteiger charge is 2.45. The van der Waals surface area contributed by atoms with Crippen molar-refractivity contribution in [3.05, 3.63) is 41.6 Å². The molecule has 1 aliphatic carbocycles. The summed E-state index contributed by atoms with van der Waals surface area (Å²) in [6, 6.07) is 10.5. The Morgan fingerprint density at radius 2 is 2.20 bits per heavy atom. The third kappa shape index (κ3) is 3.53. The topological polar surface area (TPSA) is 62.7 Å². The Morgan fingerprint density at radius 3 is 2.92 bits per heavy atom. The van der Waals surface area contributed by atoms with E-state index in [0.29, 0.717) is 6.54 Å². The Hall–Kier alpha value is -1.98. The van der Waals surface area contributed by atoms with Crippen molar-refractivity contribution in [1.29, 1.82) is 0 Å². The molecule has 1 aliphatic heterocycles. The van der Waals surface area contributed by atoms with Crippen LogP contribution in [0.2, 0.25) is 0 Å². The third-order valence-electron chi connectivity index (χ3n) is 5.36. The minimum Gasteiger partial charge on any atom is -0.481 e. The average Bonchev–Trinajstić information content (AvgIpc) is 2.52. The van der Waals surface area contributed by atoms with E-state index in [4.69, 9.17) is 9.84 Å². The lowest BCUT2D eigenvalue weighted by molar-refractivity contribution is -0.196. The van der Waals surface area contributed by atoms with Gasteiger partial charge in [0.1, 0.15) is 0 Å². The van der Waals surface area contributed by atoms with Gasteiger partial charge in [-0.3, -0.25) is 14.7 Å². The molecule has 0 radical (unpaired) electrons. The average molecular weight is 340 g/mol. The van der Waals surface area contributed by atoms with Crippen molar-refractivity contribution >= 4 is 16.9 Å². The summed E-state index contributed by atoms with van der Waals surface area (Å²) in [7, 11) is 0. The second-order valence-corrected chi connectivity index (χ2v) is 7.52. The van der Waals surface area contributed by atoms with Crippen LogP contribution >= 0.6 is 0 Å². The van der Waals surface area contributed by atoms with Gasteiger partial charge in [0.15, 0.2) is 0 Å². The Balaban J connectivity index is 1.52. The predicted octanol–water partition coefficient (Wildman–Crippen LogP) is 3.14. The first-order valence-corrected chi connectivity index (χ1v) is 9.00. The number of aromatic nitrogens is 1. The predicted molar refractivity (Wildman–Crippen MR) is 95.5 cm³/mol. The van der Waals surface area contributed by atoms with Crippen LogP contribution in [0.1, 0.15) is 36.9 Å². The Morgan fingerprint density at radius 1 is 1.36 bits per heavy atom. The summed E-state index contributed by atoms with van der Waals surface area (Å²) in [5.41, 5.74) is 3.17. The first-order valence-electron chi connectivity index (χ1n) is 9.00. The second kappa shape index (κ2) is 6.39.